The van der Waals surface area contributed by atoms with Gasteiger partial charge in [0.1, 0.15) is 11.9 Å². The largest absolute Gasteiger partial charge is 0.207 e. The fourth-order valence-electron chi connectivity index (χ4n) is 4.77. The molecule has 0 atom stereocenters. The van der Waals surface area contributed by atoms with E-state index >= 15 is 0 Å². The molecule has 0 aliphatic heterocycles. The lowest BCUT2D eigenvalue weighted by Crippen LogP contribution is -2.22. The topological polar surface area (TPSA) is 23.8 Å². The number of benzene rings is 1. The van der Waals surface area contributed by atoms with E-state index in [1.165, 1.54) is 17.2 Å². The molecule has 2 aliphatic carbocycles. The third-order valence-electron chi connectivity index (χ3n) is 6.38. The predicted octanol–water partition coefficient (Wildman–Crippen LogP) is 6.84. The molecule has 0 bridgehead atoms. The smallest absolute Gasteiger partial charge is 0.196 e. The minimum Gasteiger partial charge on any atom is -0.207 e. The first-order valence-electron chi connectivity index (χ1n) is 9.78. The van der Waals surface area contributed by atoms with Gasteiger partial charge in [-0.3, -0.25) is 0 Å². The van der Waals surface area contributed by atoms with Gasteiger partial charge >= 0.3 is 0 Å². The molecular formula is C23H27F2N. The zero-order valence-electron chi connectivity index (χ0n) is 15.3. The Morgan fingerprint density at radius 3 is 2.04 bits per heavy atom. The van der Waals surface area contributed by atoms with Crippen LogP contribution in [0.2, 0.25) is 0 Å². The SMILES string of the molecule is C=C(C1CCC(C=C(F)C#N)CC1)C1CCC(c2ccc(F)cc2)CC1. The Morgan fingerprint density at radius 2 is 1.50 bits per heavy atom. The first-order valence-corrected chi connectivity index (χ1v) is 9.78. The zero-order valence-corrected chi connectivity index (χ0v) is 15.3. The summed E-state index contributed by atoms with van der Waals surface area (Å²) in [5.74, 6) is 1.04. The molecule has 2 fully saturated rings. The first kappa shape index (κ1) is 18.8. The number of halogens is 2. The molecule has 26 heavy (non-hydrogen) atoms. The highest BCUT2D eigenvalue weighted by Gasteiger charge is 2.29. The maximum Gasteiger partial charge on any atom is 0.196 e. The van der Waals surface area contributed by atoms with Crippen LogP contribution in [-0.2, 0) is 0 Å². The maximum atomic E-state index is 13.1. The molecular weight excluding hydrogens is 328 g/mol. The van der Waals surface area contributed by atoms with E-state index in [9.17, 15) is 8.78 Å². The summed E-state index contributed by atoms with van der Waals surface area (Å²) in [6.45, 7) is 4.42. The van der Waals surface area contributed by atoms with Crippen molar-refractivity contribution in [2.75, 3.05) is 0 Å². The highest BCUT2D eigenvalue weighted by atomic mass is 19.1. The molecule has 0 heterocycles. The van der Waals surface area contributed by atoms with Crippen molar-refractivity contribution in [1.29, 1.82) is 5.26 Å². The predicted molar refractivity (Wildman–Crippen MR) is 100 cm³/mol. The van der Waals surface area contributed by atoms with Gasteiger partial charge in [-0.25, -0.2) is 4.39 Å². The third-order valence-corrected chi connectivity index (χ3v) is 6.38. The lowest BCUT2D eigenvalue weighted by Gasteiger charge is -2.35. The molecule has 3 heteroatoms. The summed E-state index contributed by atoms with van der Waals surface area (Å²) < 4.78 is 26.2. The highest BCUT2D eigenvalue weighted by molar-refractivity contribution is 5.22. The summed E-state index contributed by atoms with van der Waals surface area (Å²) >= 11 is 0. The van der Waals surface area contributed by atoms with Gasteiger partial charge in [0.05, 0.1) is 0 Å². The van der Waals surface area contributed by atoms with Gasteiger partial charge in [0.15, 0.2) is 5.83 Å². The lowest BCUT2D eigenvalue weighted by molar-refractivity contribution is 0.289. The molecule has 0 spiro atoms. The van der Waals surface area contributed by atoms with Crippen molar-refractivity contribution >= 4 is 0 Å². The van der Waals surface area contributed by atoms with Crippen LogP contribution in [0.15, 0.2) is 48.3 Å². The molecule has 1 aromatic rings. The molecule has 2 saturated carbocycles. The van der Waals surface area contributed by atoms with E-state index in [1.807, 2.05) is 12.1 Å². The van der Waals surface area contributed by atoms with E-state index in [1.54, 1.807) is 18.2 Å². The lowest BCUT2D eigenvalue weighted by atomic mass is 9.70. The van der Waals surface area contributed by atoms with Gasteiger partial charge in [-0.15, -0.1) is 0 Å². The fraction of sp³-hybridized carbons (Fsp3) is 0.522. The van der Waals surface area contributed by atoms with Crippen molar-refractivity contribution in [3.63, 3.8) is 0 Å². The van der Waals surface area contributed by atoms with Crippen LogP contribution in [0.5, 0.6) is 0 Å². The van der Waals surface area contributed by atoms with Crippen molar-refractivity contribution in [1.82, 2.24) is 0 Å². The summed E-state index contributed by atoms with van der Waals surface area (Å²) in [7, 11) is 0. The Labute approximate surface area is 155 Å². The van der Waals surface area contributed by atoms with Crippen LogP contribution in [0.3, 0.4) is 0 Å². The second-order valence-corrected chi connectivity index (χ2v) is 7.91. The normalized spacial score (nSPS) is 29.8. The van der Waals surface area contributed by atoms with Crippen molar-refractivity contribution < 1.29 is 8.78 Å². The summed E-state index contributed by atoms with van der Waals surface area (Å²) in [6.07, 6.45) is 10.1. The molecule has 1 nitrogen and oxygen atoms in total. The standard InChI is InChI=1S/C23H27F2N/c1-16(18-4-2-17(3-5-18)14-23(25)15-26)19-6-8-20(9-7-19)21-10-12-22(24)13-11-21/h10-14,17-20H,1-9H2. The summed E-state index contributed by atoms with van der Waals surface area (Å²) in [5.41, 5.74) is 2.63. The molecule has 0 saturated heterocycles. The van der Waals surface area contributed by atoms with Crippen molar-refractivity contribution in [2.45, 2.75) is 57.3 Å². The van der Waals surface area contributed by atoms with Gasteiger partial charge in [0, 0.05) is 0 Å². The average Bonchev–Trinajstić information content (AvgIpc) is 2.68. The van der Waals surface area contributed by atoms with Crippen molar-refractivity contribution in [3.8, 4) is 6.07 Å². The summed E-state index contributed by atoms with van der Waals surface area (Å²) in [5, 5.41) is 8.57. The van der Waals surface area contributed by atoms with Gasteiger partial charge in [0.2, 0.25) is 0 Å². The van der Waals surface area contributed by atoms with Crippen LogP contribution in [-0.4, -0.2) is 0 Å². The fourth-order valence-corrected chi connectivity index (χ4v) is 4.77. The van der Waals surface area contributed by atoms with Crippen molar-refractivity contribution in [2.24, 2.45) is 17.8 Å². The van der Waals surface area contributed by atoms with Crippen LogP contribution >= 0.6 is 0 Å². The summed E-state index contributed by atoms with van der Waals surface area (Å²) in [4.78, 5) is 0. The Kier molecular flexibility index (Phi) is 6.25. The van der Waals surface area contributed by atoms with Crippen LogP contribution < -0.4 is 0 Å². The minimum absolute atomic E-state index is 0.170. The zero-order chi connectivity index (χ0) is 18.5. The Hall–Kier alpha value is -1.95. The molecule has 0 amide bonds. The quantitative estimate of drug-likeness (QED) is 0.428. The monoisotopic (exact) mass is 355 g/mol. The molecule has 3 rings (SSSR count). The average molecular weight is 355 g/mol. The number of allylic oxidation sites excluding steroid dienone is 3. The van der Waals surface area contributed by atoms with Crippen LogP contribution in [0.4, 0.5) is 8.78 Å². The van der Waals surface area contributed by atoms with Crippen LogP contribution in [0.1, 0.15) is 62.8 Å². The molecule has 0 radical (unpaired) electrons. The number of hydrogen-bond acceptors (Lipinski definition) is 1. The van der Waals surface area contributed by atoms with Gasteiger partial charge < -0.3 is 0 Å². The van der Waals surface area contributed by atoms with Crippen LogP contribution in [0, 0.1) is 34.9 Å². The number of hydrogen-bond donors (Lipinski definition) is 0. The van der Waals surface area contributed by atoms with Crippen LogP contribution in [0.25, 0.3) is 0 Å². The van der Waals surface area contributed by atoms with Crippen molar-refractivity contribution in [3.05, 3.63) is 59.7 Å². The third kappa shape index (κ3) is 4.61. The molecule has 1 aromatic carbocycles. The van der Waals surface area contributed by atoms with Gasteiger partial charge in [-0.05, 0) is 98.8 Å². The van der Waals surface area contributed by atoms with E-state index in [4.69, 9.17) is 5.26 Å². The van der Waals surface area contributed by atoms with E-state index in [-0.39, 0.29) is 11.7 Å². The summed E-state index contributed by atoms with van der Waals surface area (Å²) in [6, 6.07) is 8.53. The molecule has 2 aliphatic rings. The number of nitrogens with zero attached hydrogens (tertiary/aromatic N) is 1. The van der Waals surface area contributed by atoms with E-state index in [0.29, 0.717) is 17.8 Å². The van der Waals surface area contributed by atoms with Gasteiger partial charge in [-0.2, -0.15) is 9.65 Å². The Morgan fingerprint density at radius 1 is 0.962 bits per heavy atom. The van der Waals surface area contributed by atoms with E-state index in [0.717, 1.165) is 51.4 Å². The molecule has 0 aromatic heterocycles. The first-order chi connectivity index (χ1) is 12.6. The van der Waals surface area contributed by atoms with E-state index < -0.39 is 5.83 Å². The molecule has 0 unspecified atom stereocenters. The van der Waals surface area contributed by atoms with Gasteiger partial charge in [0.25, 0.3) is 0 Å². The Bertz CT molecular complexity index is 682. The second-order valence-electron chi connectivity index (χ2n) is 7.91. The number of rotatable bonds is 4. The molecule has 0 N–H and O–H groups in total. The molecule has 138 valence electrons. The maximum absolute atomic E-state index is 13.1. The van der Waals surface area contributed by atoms with E-state index in [2.05, 4.69) is 6.58 Å². The Balaban J connectivity index is 1.48. The minimum atomic E-state index is -0.647. The second kappa shape index (κ2) is 8.62. The van der Waals surface area contributed by atoms with Gasteiger partial charge in [-0.1, -0.05) is 24.3 Å². The number of nitriles is 1. The highest BCUT2D eigenvalue weighted by Crippen LogP contribution is 2.43.